The Morgan fingerprint density at radius 1 is 0.917 bits per heavy atom. The highest BCUT2D eigenvalue weighted by atomic mass is 32.2. The maximum atomic E-state index is 12.3. The molecule has 6 nitrogen and oxygen atoms in total. The second kappa shape index (κ2) is 13.5. The van der Waals surface area contributed by atoms with Gasteiger partial charge in [0.15, 0.2) is 0 Å². The first-order valence-electron chi connectivity index (χ1n) is 11.8. The summed E-state index contributed by atoms with van der Waals surface area (Å²) in [6, 6.07) is 21.1. The van der Waals surface area contributed by atoms with E-state index in [9.17, 15) is 13.2 Å². The number of nitrogens with one attached hydrogen (secondary N) is 2. The molecule has 3 atom stereocenters. The first-order chi connectivity index (χ1) is 17.3. The molecule has 0 saturated carbocycles. The quantitative estimate of drug-likeness (QED) is 0.345. The van der Waals surface area contributed by atoms with Crippen molar-refractivity contribution in [1.82, 2.24) is 10.6 Å². The van der Waals surface area contributed by atoms with E-state index in [0.29, 0.717) is 36.6 Å². The number of amides is 1. The highest BCUT2D eigenvalue weighted by Crippen LogP contribution is 2.32. The van der Waals surface area contributed by atoms with Crippen LogP contribution in [-0.2, 0) is 32.9 Å². The Kier molecular flexibility index (Phi) is 10.4. The number of rotatable bonds is 12. The van der Waals surface area contributed by atoms with Gasteiger partial charge in [0, 0.05) is 62.4 Å². The summed E-state index contributed by atoms with van der Waals surface area (Å²) < 4.78 is 30.0. The molecule has 0 bridgehead atoms. The molecule has 0 radical (unpaired) electrons. The molecule has 3 rings (SSSR count). The van der Waals surface area contributed by atoms with Crippen molar-refractivity contribution in [2.45, 2.75) is 42.1 Å². The lowest BCUT2D eigenvalue weighted by Crippen LogP contribution is -2.23. The van der Waals surface area contributed by atoms with E-state index >= 15 is 0 Å². The van der Waals surface area contributed by atoms with Crippen molar-refractivity contribution < 1.29 is 17.9 Å². The Bertz CT molecular complexity index is 1210. The zero-order valence-corrected chi connectivity index (χ0v) is 22.8. The number of benzene rings is 3. The van der Waals surface area contributed by atoms with Crippen LogP contribution in [0.2, 0.25) is 0 Å². The first kappa shape index (κ1) is 27.8. The summed E-state index contributed by atoms with van der Waals surface area (Å²) >= 11 is 0. The minimum atomic E-state index is -1.15. The first-order valence-corrected chi connectivity index (χ1v) is 14.9. The maximum Gasteiger partial charge on any atom is 0.220 e. The van der Waals surface area contributed by atoms with Crippen LogP contribution in [0.1, 0.15) is 41.1 Å². The largest absolute Gasteiger partial charge is 0.493 e. The number of ether oxygens (including phenoxy) is 1. The molecule has 2 N–H and O–H groups in total. The van der Waals surface area contributed by atoms with Crippen molar-refractivity contribution in [2.75, 3.05) is 26.2 Å². The monoisotopic (exact) mass is 526 g/mol. The van der Waals surface area contributed by atoms with Crippen molar-refractivity contribution in [1.29, 1.82) is 0 Å². The highest BCUT2D eigenvalue weighted by molar-refractivity contribution is 7.84. The lowest BCUT2D eigenvalue weighted by atomic mass is 9.98. The molecule has 3 aromatic rings. The topological polar surface area (TPSA) is 84.5 Å². The normalized spacial score (nSPS) is 13.6. The molecule has 3 aromatic carbocycles. The molecule has 192 valence electrons. The number of hydrogen-bond acceptors (Lipinski definition) is 5. The van der Waals surface area contributed by atoms with Crippen LogP contribution >= 0.6 is 0 Å². The van der Waals surface area contributed by atoms with Crippen LogP contribution in [-0.4, -0.2) is 40.5 Å². The Morgan fingerprint density at radius 2 is 1.56 bits per heavy atom. The van der Waals surface area contributed by atoms with Gasteiger partial charge in [-0.3, -0.25) is 13.2 Å². The molecule has 0 aliphatic heterocycles. The third-order valence-electron chi connectivity index (χ3n) is 5.88. The van der Waals surface area contributed by atoms with Crippen LogP contribution < -0.4 is 15.4 Å². The van der Waals surface area contributed by atoms with Crippen molar-refractivity contribution >= 4 is 27.5 Å². The van der Waals surface area contributed by atoms with Crippen molar-refractivity contribution in [2.24, 2.45) is 0 Å². The Labute approximate surface area is 218 Å². The van der Waals surface area contributed by atoms with Crippen LogP contribution in [0, 0.1) is 6.92 Å². The molecule has 0 heterocycles. The zero-order valence-electron chi connectivity index (χ0n) is 21.2. The van der Waals surface area contributed by atoms with Gasteiger partial charge in [-0.05, 0) is 55.8 Å². The van der Waals surface area contributed by atoms with E-state index in [0.717, 1.165) is 21.6 Å². The number of carbonyl (C=O) groups excluding carboxylic acids is 1. The fraction of sp³-hybridized carbons (Fsp3) is 0.321. The summed E-state index contributed by atoms with van der Waals surface area (Å²) in [5, 5.41) is 6.27. The van der Waals surface area contributed by atoms with Crippen LogP contribution in [0.25, 0.3) is 0 Å². The molecule has 0 saturated heterocycles. The summed E-state index contributed by atoms with van der Waals surface area (Å²) in [6.45, 7) is 2.89. The molecule has 0 fully saturated rings. The lowest BCUT2D eigenvalue weighted by molar-refractivity contribution is -0.121. The van der Waals surface area contributed by atoms with Gasteiger partial charge in [0.05, 0.1) is 12.6 Å². The lowest BCUT2D eigenvalue weighted by Gasteiger charge is -2.21. The molecule has 0 spiro atoms. The zero-order chi connectivity index (χ0) is 26.1. The molecule has 0 aliphatic rings. The predicted molar refractivity (Wildman–Crippen MR) is 146 cm³/mol. The number of hydrogen-bond donors (Lipinski definition) is 2. The molecule has 0 aliphatic carbocycles. The van der Waals surface area contributed by atoms with Gasteiger partial charge < -0.3 is 15.4 Å². The summed E-state index contributed by atoms with van der Waals surface area (Å²) in [5.41, 5.74) is 4.15. The van der Waals surface area contributed by atoms with Crippen LogP contribution in [0.4, 0.5) is 0 Å². The van der Waals surface area contributed by atoms with Gasteiger partial charge in [-0.2, -0.15) is 0 Å². The molecular formula is C28H34N2O4S2. The van der Waals surface area contributed by atoms with Crippen molar-refractivity contribution in [3.63, 3.8) is 0 Å². The minimum absolute atomic E-state index is 0.0238. The Hall–Kier alpha value is -2.81. The summed E-state index contributed by atoms with van der Waals surface area (Å²) in [7, 11) is -0.330. The van der Waals surface area contributed by atoms with E-state index in [-0.39, 0.29) is 11.9 Å². The van der Waals surface area contributed by atoms with Gasteiger partial charge in [0.2, 0.25) is 5.91 Å². The molecular weight excluding hydrogens is 492 g/mol. The van der Waals surface area contributed by atoms with E-state index in [1.54, 1.807) is 12.5 Å². The predicted octanol–water partition coefficient (Wildman–Crippen LogP) is 4.25. The van der Waals surface area contributed by atoms with Crippen molar-refractivity contribution in [3.05, 3.63) is 89.0 Å². The van der Waals surface area contributed by atoms with Crippen LogP contribution in [0.15, 0.2) is 76.5 Å². The number of aryl methyl sites for hydroxylation is 1. The van der Waals surface area contributed by atoms with Crippen molar-refractivity contribution in [3.8, 4) is 5.75 Å². The van der Waals surface area contributed by atoms with Gasteiger partial charge >= 0.3 is 0 Å². The van der Waals surface area contributed by atoms with Crippen LogP contribution in [0.5, 0.6) is 5.75 Å². The standard InChI is InChI=1S/C28H34N2O4S2/c1-20-7-9-21(10-8-20)19-30-27(31)6-5-17-34-26-18-24(36(4)33)15-16-25(26)28(29-2)22-11-13-23(14-12-22)35(3)32/h7-16,18,28-29H,5-6,17,19H2,1-4H3,(H,30,31). The van der Waals surface area contributed by atoms with E-state index < -0.39 is 21.6 Å². The third kappa shape index (κ3) is 7.85. The second-order valence-electron chi connectivity index (χ2n) is 8.61. The summed E-state index contributed by atoms with van der Waals surface area (Å²) in [6.07, 6.45) is 4.20. The smallest absolute Gasteiger partial charge is 0.220 e. The van der Waals surface area contributed by atoms with E-state index in [1.165, 1.54) is 5.56 Å². The Morgan fingerprint density at radius 3 is 2.17 bits per heavy atom. The van der Waals surface area contributed by atoms with Gasteiger partial charge in [0.25, 0.3) is 0 Å². The molecule has 0 aromatic heterocycles. The molecule has 36 heavy (non-hydrogen) atoms. The SMILES string of the molecule is CNC(c1ccc(S(C)=O)cc1)c1ccc(S(C)=O)cc1OCCCC(=O)NCc1ccc(C)cc1. The minimum Gasteiger partial charge on any atom is -0.493 e. The molecule has 8 heteroatoms. The maximum absolute atomic E-state index is 12.3. The van der Waals surface area contributed by atoms with Gasteiger partial charge in [0.1, 0.15) is 5.75 Å². The van der Waals surface area contributed by atoms with Gasteiger partial charge in [-0.1, -0.05) is 48.0 Å². The molecule has 1 amide bonds. The van der Waals surface area contributed by atoms with E-state index in [2.05, 4.69) is 10.6 Å². The average Bonchev–Trinajstić information content (AvgIpc) is 2.87. The van der Waals surface area contributed by atoms with E-state index in [4.69, 9.17) is 4.74 Å². The van der Waals surface area contributed by atoms with Gasteiger partial charge in [-0.25, -0.2) is 0 Å². The molecule has 3 unspecified atom stereocenters. The third-order valence-corrected chi connectivity index (χ3v) is 7.73. The van der Waals surface area contributed by atoms with E-state index in [1.807, 2.05) is 80.7 Å². The summed E-state index contributed by atoms with van der Waals surface area (Å²) in [4.78, 5) is 13.7. The fourth-order valence-corrected chi connectivity index (χ4v) is 4.87. The Balaban J connectivity index is 1.65. The summed E-state index contributed by atoms with van der Waals surface area (Å²) in [5.74, 6) is 0.606. The average molecular weight is 527 g/mol. The highest BCUT2D eigenvalue weighted by Gasteiger charge is 2.19. The second-order valence-corrected chi connectivity index (χ2v) is 11.4. The number of carbonyl (C=O) groups is 1. The fourth-order valence-electron chi connectivity index (χ4n) is 3.82. The van der Waals surface area contributed by atoms with Crippen LogP contribution in [0.3, 0.4) is 0 Å². The van der Waals surface area contributed by atoms with Gasteiger partial charge in [-0.15, -0.1) is 0 Å².